The van der Waals surface area contributed by atoms with Crippen molar-refractivity contribution in [2.75, 3.05) is 20.3 Å². The summed E-state index contributed by atoms with van der Waals surface area (Å²) in [5, 5.41) is 4.14. The van der Waals surface area contributed by atoms with Crippen LogP contribution in [0.25, 0.3) is 0 Å². The van der Waals surface area contributed by atoms with E-state index in [0.717, 1.165) is 11.6 Å². The summed E-state index contributed by atoms with van der Waals surface area (Å²) in [5.41, 5.74) is 0.963. The predicted molar refractivity (Wildman–Crippen MR) is 45.3 cm³/mol. The molecule has 0 aliphatic heterocycles. The standard InChI is InChI=1S/C8H14N2O2/c1-7-6-8(10(2)9-7)12-5-4-11-3/h6H,4-5H2,1-3H3. The van der Waals surface area contributed by atoms with Gasteiger partial charge < -0.3 is 9.47 Å². The summed E-state index contributed by atoms with van der Waals surface area (Å²) in [7, 11) is 3.51. The molecule has 1 aromatic heterocycles. The smallest absolute Gasteiger partial charge is 0.211 e. The van der Waals surface area contributed by atoms with Gasteiger partial charge in [0.2, 0.25) is 5.88 Å². The molecule has 4 heteroatoms. The number of nitrogens with zero attached hydrogens (tertiary/aromatic N) is 2. The molecule has 0 saturated heterocycles. The van der Waals surface area contributed by atoms with E-state index in [4.69, 9.17) is 9.47 Å². The van der Waals surface area contributed by atoms with Gasteiger partial charge >= 0.3 is 0 Å². The second-order valence-electron chi connectivity index (χ2n) is 2.59. The summed E-state index contributed by atoms with van der Waals surface area (Å²) in [6.07, 6.45) is 0. The van der Waals surface area contributed by atoms with Crippen molar-refractivity contribution < 1.29 is 9.47 Å². The van der Waals surface area contributed by atoms with Gasteiger partial charge in [0.05, 0.1) is 12.3 Å². The van der Waals surface area contributed by atoms with Crippen LogP contribution in [0.3, 0.4) is 0 Å². The Morgan fingerprint density at radius 2 is 2.25 bits per heavy atom. The van der Waals surface area contributed by atoms with E-state index in [2.05, 4.69) is 5.10 Å². The van der Waals surface area contributed by atoms with Gasteiger partial charge in [-0.2, -0.15) is 5.10 Å². The first-order valence-electron chi connectivity index (χ1n) is 3.86. The number of hydrogen-bond acceptors (Lipinski definition) is 3. The van der Waals surface area contributed by atoms with Crippen LogP contribution >= 0.6 is 0 Å². The van der Waals surface area contributed by atoms with Crippen molar-refractivity contribution in [3.8, 4) is 5.88 Å². The van der Waals surface area contributed by atoms with Crippen LogP contribution in [0.15, 0.2) is 6.07 Å². The van der Waals surface area contributed by atoms with Crippen molar-refractivity contribution in [1.29, 1.82) is 0 Å². The molecule has 0 bridgehead atoms. The van der Waals surface area contributed by atoms with Crippen molar-refractivity contribution in [1.82, 2.24) is 9.78 Å². The average molecular weight is 170 g/mol. The fraction of sp³-hybridized carbons (Fsp3) is 0.625. The van der Waals surface area contributed by atoms with E-state index >= 15 is 0 Å². The number of methoxy groups -OCH3 is 1. The van der Waals surface area contributed by atoms with Crippen molar-refractivity contribution in [2.45, 2.75) is 6.92 Å². The third-order valence-corrected chi connectivity index (χ3v) is 1.50. The first-order chi connectivity index (χ1) is 5.74. The molecule has 0 N–H and O–H groups in total. The lowest BCUT2D eigenvalue weighted by Gasteiger charge is -2.03. The van der Waals surface area contributed by atoms with Gasteiger partial charge in [-0.05, 0) is 6.92 Å². The monoisotopic (exact) mass is 170 g/mol. The average Bonchev–Trinajstić information content (AvgIpc) is 2.31. The molecule has 4 nitrogen and oxygen atoms in total. The Labute approximate surface area is 72.1 Å². The van der Waals surface area contributed by atoms with Gasteiger partial charge in [0.25, 0.3) is 0 Å². The minimum atomic E-state index is 0.565. The highest BCUT2D eigenvalue weighted by Crippen LogP contribution is 2.10. The Balaban J connectivity index is 2.45. The summed E-state index contributed by atoms with van der Waals surface area (Å²) in [6.45, 7) is 3.10. The molecule has 1 rings (SSSR count). The van der Waals surface area contributed by atoms with E-state index in [0.29, 0.717) is 13.2 Å². The molecule has 1 aromatic rings. The zero-order chi connectivity index (χ0) is 8.97. The summed E-state index contributed by atoms with van der Waals surface area (Å²) in [5.74, 6) is 0.782. The Morgan fingerprint density at radius 1 is 1.50 bits per heavy atom. The van der Waals surface area contributed by atoms with Gasteiger partial charge in [0.15, 0.2) is 0 Å². The molecular weight excluding hydrogens is 156 g/mol. The molecule has 0 saturated carbocycles. The molecule has 0 atom stereocenters. The van der Waals surface area contributed by atoms with Crippen LogP contribution in [0.1, 0.15) is 5.69 Å². The third kappa shape index (κ3) is 2.23. The van der Waals surface area contributed by atoms with Crippen LogP contribution in [0.4, 0.5) is 0 Å². The SMILES string of the molecule is COCCOc1cc(C)nn1C. The number of ether oxygens (including phenoxy) is 2. The lowest BCUT2D eigenvalue weighted by atomic mass is 10.5. The van der Waals surface area contributed by atoms with Gasteiger partial charge in [0.1, 0.15) is 6.61 Å². The second-order valence-corrected chi connectivity index (χ2v) is 2.59. The summed E-state index contributed by atoms with van der Waals surface area (Å²) >= 11 is 0. The lowest BCUT2D eigenvalue weighted by molar-refractivity contribution is 0.141. The first-order valence-corrected chi connectivity index (χ1v) is 3.86. The highest BCUT2D eigenvalue weighted by Gasteiger charge is 2.01. The Bertz CT molecular complexity index is 245. The van der Waals surface area contributed by atoms with E-state index in [1.165, 1.54) is 0 Å². The molecule has 0 unspecified atom stereocenters. The number of aryl methyl sites for hydroxylation is 2. The molecule has 0 aromatic carbocycles. The third-order valence-electron chi connectivity index (χ3n) is 1.50. The Morgan fingerprint density at radius 3 is 2.75 bits per heavy atom. The first kappa shape index (κ1) is 9.06. The van der Waals surface area contributed by atoms with Crippen molar-refractivity contribution in [3.63, 3.8) is 0 Å². The van der Waals surface area contributed by atoms with Crippen LogP contribution in [0.5, 0.6) is 5.88 Å². The topological polar surface area (TPSA) is 36.3 Å². The zero-order valence-corrected chi connectivity index (χ0v) is 7.70. The number of aromatic nitrogens is 2. The molecular formula is C8H14N2O2. The number of rotatable bonds is 4. The van der Waals surface area contributed by atoms with Crippen LogP contribution < -0.4 is 4.74 Å². The van der Waals surface area contributed by atoms with Gasteiger partial charge in [-0.25, -0.2) is 4.68 Å². The zero-order valence-electron chi connectivity index (χ0n) is 7.70. The van der Waals surface area contributed by atoms with Crippen molar-refractivity contribution >= 4 is 0 Å². The minimum Gasteiger partial charge on any atom is -0.475 e. The molecule has 0 aliphatic rings. The maximum atomic E-state index is 5.37. The molecule has 1 heterocycles. The second kappa shape index (κ2) is 4.11. The van der Waals surface area contributed by atoms with E-state index < -0.39 is 0 Å². The molecule has 0 aliphatic carbocycles. The molecule has 12 heavy (non-hydrogen) atoms. The quantitative estimate of drug-likeness (QED) is 0.626. The highest BCUT2D eigenvalue weighted by atomic mass is 16.5. The lowest BCUT2D eigenvalue weighted by Crippen LogP contribution is -2.07. The predicted octanol–water partition coefficient (Wildman–Crippen LogP) is 0.754. The Hall–Kier alpha value is -1.03. The van der Waals surface area contributed by atoms with Gasteiger partial charge in [0, 0.05) is 20.2 Å². The van der Waals surface area contributed by atoms with Crippen molar-refractivity contribution in [2.24, 2.45) is 7.05 Å². The normalized spacial score (nSPS) is 10.2. The van der Waals surface area contributed by atoms with Crippen LogP contribution in [-0.2, 0) is 11.8 Å². The maximum Gasteiger partial charge on any atom is 0.211 e. The summed E-state index contributed by atoms with van der Waals surface area (Å²) in [6, 6.07) is 1.90. The fourth-order valence-electron chi connectivity index (χ4n) is 0.952. The maximum absolute atomic E-state index is 5.37. The van der Waals surface area contributed by atoms with E-state index in [1.54, 1.807) is 11.8 Å². The summed E-state index contributed by atoms with van der Waals surface area (Å²) < 4.78 is 11.9. The molecule has 0 amide bonds. The number of hydrogen-bond donors (Lipinski definition) is 0. The van der Waals surface area contributed by atoms with Crippen molar-refractivity contribution in [3.05, 3.63) is 11.8 Å². The molecule has 0 fully saturated rings. The molecule has 68 valence electrons. The Kier molecular flexibility index (Phi) is 3.10. The van der Waals surface area contributed by atoms with Crippen LogP contribution in [0, 0.1) is 6.92 Å². The largest absolute Gasteiger partial charge is 0.475 e. The highest BCUT2D eigenvalue weighted by molar-refractivity contribution is 5.14. The van der Waals surface area contributed by atoms with Crippen LogP contribution in [-0.4, -0.2) is 30.1 Å². The van der Waals surface area contributed by atoms with E-state index in [-0.39, 0.29) is 0 Å². The fourth-order valence-corrected chi connectivity index (χ4v) is 0.952. The summed E-state index contributed by atoms with van der Waals surface area (Å²) in [4.78, 5) is 0. The van der Waals surface area contributed by atoms with Crippen LogP contribution in [0.2, 0.25) is 0 Å². The van der Waals surface area contributed by atoms with Gasteiger partial charge in [-0.15, -0.1) is 0 Å². The molecule has 0 spiro atoms. The molecule has 0 radical (unpaired) electrons. The van der Waals surface area contributed by atoms with E-state index in [1.807, 2.05) is 20.0 Å². The van der Waals surface area contributed by atoms with Gasteiger partial charge in [-0.3, -0.25) is 0 Å². The minimum absolute atomic E-state index is 0.565. The van der Waals surface area contributed by atoms with E-state index in [9.17, 15) is 0 Å². The van der Waals surface area contributed by atoms with Gasteiger partial charge in [-0.1, -0.05) is 0 Å².